The molecule has 0 radical (unpaired) electrons. The molecule has 0 bridgehead atoms. The highest BCUT2D eigenvalue weighted by Gasteiger charge is 2.22. The first-order valence-corrected chi connectivity index (χ1v) is 7.98. The van der Waals surface area contributed by atoms with Crippen LogP contribution >= 0.6 is 0 Å². The van der Waals surface area contributed by atoms with Gasteiger partial charge in [-0.2, -0.15) is 0 Å². The van der Waals surface area contributed by atoms with Crippen molar-refractivity contribution in [2.75, 3.05) is 0 Å². The first kappa shape index (κ1) is 12.7. The van der Waals surface area contributed by atoms with Gasteiger partial charge in [-0.05, 0) is 48.4 Å². The fourth-order valence-corrected chi connectivity index (χ4v) is 3.24. The van der Waals surface area contributed by atoms with E-state index >= 15 is 0 Å². The predicted molar refractivity (Wildman–Crippen MR) is 89.5 cm³/mol. The lowest BCUT2D eigenvalue weighted by Gasteiger charge is -2.05. The van der Waals surface area contributed by atoms with Gasteiger partial charge in [0.25, 0.3) is 0 Å². The second-order valence-corrected chi connectivity index (χ2v) is 6.38. The molecular weight excluding hydrogens is 254 g/mol. The van der Waals surface area contributed by atoms with E-state index in [1.807, 2.05) is 0 Å². The van der Waals surface area contributed by atoms with E-state index in [4.69, 9.17) is 0 Å². The van der Waals surface area contributed by atoms with Crippen LogP contribution in [0, 0.1) is 12.8 Å². The van der Waals surface area contributed by atoms with E-state index in [0.717, 1.165) is 5.92 Å². The SMILES string of the molecule is Cc1ccc2c(CCC3CC3)c(-c3ccccc3)[nH]c2c1. The molecule has 0 aliphatic heterocycles. The summed E-state index contributed by atoms with van der Waals surface area (Å²) in [4.78, 5) is 3.67. The first-order valence-electron chi connectivity index (χ1n) is 7.98. The van der Waals surface area contributed by atoms with Gasteiger partial charge in [-0.25, -0.2) is 0 Å². The molecule has 106 valence electrons. The maximum Gasteiger partial charge on any atom is 0.0497 e. The van der Waals surface area contributed by atoms with Gasteiger partial charge in [0.05, 0.1) is 0 Å². The maximum absolute atomic E-state index is 3.67. The van der Waals surface area contributed by atoms with Gasteiger partial charge in [0.1, 0.15) is 0 Å². The van der Waals surface area contributed by atoms with E-state index in [2.05, 4.69) is 60.4 Å². The Hall–Kier alpha value is -2.02. The number of aromatic nitrogens is 1. The fraction of sp³-hybridized carbons (Fsp3) is 0.300. The summed E-state index contributed by atoms with van der Waals surface area (Å²) in [5.74, 6) is 0.976. The van der Waals surface area contributed by atoms with Crippen LogP contribution in [0.1, 0.15) is 30.4 Å². The molecule has 3 aromatic rings. The van der Waals surface area contributed by atoms with E-state index in [0.29, 0.717) is 0 Å². The van der Waals surface area contributed by atoms with Gasteiger partial charge in [-0.3, -0.25) is 0 Å². The number of aromatic amines is 1. The third kappa shape index (κ3) is 2.49. The zero-order valence-electron chi connectivity index (χ0n) is 12.5. The van der Waals surface area contributed by atoms with Gasteiger partial charge in [0, 0.05) is 16.6 Å². The second-order valence-electron chi connectivity index (χ2n) is 6.38. The van der Waals surface area contributed by atoms with E-state index in [9.17, 15) is 0 Å². The van der Waals surface area contributed by atoms with Crippen LogP contribution in [0.4, 0.5) is 0 Å². The fourth-order valence-electron chi connectivity index (χ4n) is 3.24. The van der Waals surface area contributed by atoms with Crippen molar-refractivity contribution in [2.45, 2.75) is 32.6 Å². The number of rotatable bonds is 4. The minimum absolute atomic E-state index is 0.976. The lowest BCUT2D eigenvalue weighted by atomic mass is 9.99. The number of H-pyrrole nitrogens is 1. The zero-order valence-corrected chi connectivity index (χ0v) is 12.5. The molecule has 1 nitrogen and oxygen atoms in total. The summed E-state index contributed by atoms with van der Waals surface area (Å²) in [6.07, 6.45) is 5.39. The Morgan fingerprint density at radius 3 is 2.62 bits per heavy atom. The predicted octanol–water partition coefficient (Wildman–Crippen LogP) is 5.49. The molecule has 1 aliphatic rings. The summed E-state index contributed by atoms with van der Waals surface area (Å²) in [5, 5.41) is 1.40. The molecule has 1 N–H and O–H groups in total. The number of fused-ring (bicyclic) bond motifs is 1. The van der Waals surface area contributed by atoms with Crippen molar-refractivity contribution >= 4 is 10.9 Å². The molecule has 21 heavy (non-hydrogen) atoms. The van der Waals surface area contributed by atoms with Crippen molar-refractivity contribution in [3.05, 3.63) is 59.7 Å². The monoisotopic (exact) mass is 275 g/mol. The number of benzene rings is 2. The number of hydrogen-bond donors (Lipinski definition) is 1. The molecule has 1 aromatic heterocycles. The summed E-state index contributed by atoms with van der Waals surface area (Å²) >= 11 is 0. The van der Waals surface area contributed by atoms with Crippen molar-refractivity contribution in [2.24, 2.45) is 5.92 Å². The molecule has 2 aromatic carbocycles. The number of hydrogen-bond acceptors (Lipinski definition) is 0. The van der Waals surface area contributed by atoms with Gasteiger partial charge < -0.3 is 4.98 Å². The molecule has 1 heterocycles. The lowest BCUT2D eigenvalue weighted by Crippen LogP contribution is -1.89. The summed E-state index contributed by atoms with van der Waals surface area (Å²) in [7, 11) is 0. The van der Waals surface area contributed by atoms with E-state index in [1.165, 1.54) is 59.0 Å². The maximum atomic E-state index is 3.67. The molecule has 1 aliphatic carbocycles. The average molecular weight is 275 g/mol. The minimum atomic E-state index is 0.976. The van der Waals surface area contributed by atoms with E-state index < -0.39 is 0 Å². The standard InChI is InChI=1S/C20H21N/c1-14-7-11-17-18(12-10-15-8-9-15)20(21-19(17)13-14)16-5-3-2-4-6-16/h2-7,11,13,15,21H,8-10,12H2,1H3. The van der Waals surface area contributed by atoms with Crippen LogP contribution in [0.15, 0.2) is 48.5 Å². The highest BCUT2D eigenvalue weighted by molar-refractivity contribution is 5.91. The highest BCUT2D eigenvalue weighted by Crippen LogP contribution is 2.37. The van der Waals surface area contributed by atoms with Gasteiger partial charge in [0.15, 0.2) is 0 Å². The molecular formula is C20H21N. The zero-order chi connectivity index (χ0) is 14.2. The Bertz CT molecular complexity index is 763. The van der Waals surface area contributed by atoms with Crippen molar-refractivity contribution in [3.8, 4) is 11.3 Å². The highest BCUT2D eigenvalue weighted by atomic mass is 14.7. The Morgan fingerprint density at radius 2 is 1.86 bits per heavy atom. The summed E-state index contributed by atoms with van der Waals surface area (Å²) in [6, 6.07) is 17.5. The van der Waals surface area contributed by atoms with Crippen molar-refractivity contribution in [1.82, 2.24) is 4.98 Å². The Morgan fingerprint density at radius 1 is 1.05 bits per heavy atom. The Kier molecular flexibility index (Phi) is 3.07. The number of aryl methyl sites for hydroxylation is 2. The first-order chi connectivity index (χ1) is 10.3. The largest absolute Gasteiger partial charge is 0.354 e. The molecule has 1 heteroatoms. The van der Waals surface area contributed by atoms with Crippen LogP contribution in [-0.2, 0) is 6.42 Å². The van der Waals surface area contributed by atoms with Crippen molar-refractivity contribution < 1.29 is 0 Å². The topological polar surface area (TPSA) is 15.8 Å². The summed E-state index contributed by atoms with van der Waals surface area (Å²) in [5.41, 5.74) is 6.72. The third-order valence-electron chi connectivity index (χ3n) is 4.62. The van der Waals surface area contributed by atoms with Crippen molar-refractivity contribution in [3.63, 3.8) is 0 Å². The summed E-state index contributed by atoms with van der Waals surface area (Å²) < 4.78 is 0. The molecule has 4 rings (SSSR count). The number of nitrogens with one attached hydrogen (secondary N) is 1. The van der Waals surface area contributed by atoms with Crippen LogP contribution in [0.5, 0.6) is 0 Å². The molecule has 0 unspecified atom stereocenters. The smallest absolute Gasteiger partial charge is 0.0497 e. The van der Waals surface area contributed by atoms with Crippen LogP contribution in [0.2, 0.25) is 0 Å². The minimum Gasteiger partial charge on any atom is -0.354 e. The Balaban J connectivity index is 1.84. The van der Waals surface area contributed by atoms with Crippen molar-refractivity contribution in [1.29, 1.82) is 0 Å². The summed E-state index contributed by atoms with van der Waals surface area (Å²) in [6.45, 7) is 2.16. The molecule has 0 spiro atoms. The Labute approximate surface area is 126 Å². The van der Waals surface area contributed by atoms with Gasteiger partial charge in [-0.1, -0.05) is 55.3 Å². The van der Waals surface area contributed by atoms with Gasteiger partial charge in [0.2, 0.25) is 0 Å². The average Bonchev–Trinajstić information content (AvgIpc) is 3.27. The molecule has 0 atom stereocenters. The van der Waals surface area contributed by atoms with E-state index in [-0.39, 0.29) is 0 Å². The normalized spacial score (nSPS) is 14.7. The van der Waals surface area contributed by atoms with Crippen LogP contribution in [0.25, 0.3) is 22.2 Å². The molecule has 0 saturated heterocycles. The van der Waals surface area contributed by atoms with Gasteiger partial charge >= 0.3 is 0 Å². The van der Waals surface area contributed by atoms with Gasteiger partial charge in [-0.15, -0.1) is 0 Å². The second kappa shape index (κ2) is 5.07. The quantitative estimate of drug-likeness (QED) is 0.648. The third-order valence-corrected chi connectivity index (χ3v) is 4.62. The van der Waals surface area contributed by atoms with Crippen LogP contribution in [-0.4, -0.2) is 4.98 Å². The lowest BCUT2D eigenvalue weighted by molar-refractivity contribution is 0.730. The van der Waals surface area contributed by atoms with Crippen LogP contribution in [0.3, 0.4) is 0 Å². The van der Waals surface area contributed by atoms with Crippen LogP contribution < -0.4 is 0 Å². The molecule has 1 fully saturated rings. The molecule has 1 saturated carbocycles. The molecule has 0 amide bonds. The van der Waals surface area contributed by atoms with E-state index in [1.54, 1.807) is 0 Å².